The molecule has 1 atom stereocenters. The monoisotopic (exact) mass is 455 g/mol. The van der Waals surface area contributed by atoms with Crippen molar-refractivity contribution < 1.29 is 24.1 Å². The molecule has 1 saturated heterocycles. The number of benzene rings is 2. The molecule has 6 nitrogen and oxygen atoms in total. The highest BCUT2D eigenvalue weighted by atomic mass is 35.5. The normalized spacial score (nSPS) is 18.2. The molecule has 2 aromatic rings. The van der Waals surface area contributed by atoms with E-state index < -0.39 is 6.04 Å². The first kappa shape index (κ1) is 22.4. The second kappa shape index (κ2) is 10.2. The summed E-state index contributed by atoms with van der Waals surface area (Å²) in [5.41, 5.74) is 3.65. The van der Waals surface area contributed by atoms with Gasteiger partial charge in [-0.2, -0.15) is 4.89 Å². The number of amides is 1. The van der Waals surface area contributed by atoms with Crippen molar-refractivity contribution in [2.24, 2.45) is 0 Å². The van der Waals surface area contributed by atoms with Crippen LogP contribution in [0.4, 0.5) is 0 Å². The minimum Gasteiger partial charge on any atom is -0.464 e. The number of carbonyl (C=O) groups excluding carboxylic acids is 2. The highest BCUT2D eigenvalue weighted by Gasteiger charge is 2.32. The number of likely N-dealkylation sites (tertiary alicyclic amines) is 1. The van der Waals surface area contributed by atoms with Gasteiger partial charge in [0, 0.05) is 35.2 Å². The zero-order valence-electron chi connectivity index (χ0n) is 18.0. The molecule has 1 unspecified atom stereocenters. The van der Waals surface area contributed by atoms with Gasteiger partial charge in [-0.15, -0.1) is 0 Å². The first-order chi connectivity index (χ1) is 15.6. The Morgan fingerprint density at radius 3 is 2.97 bits per heavy atom. The van der Waals surface area contributed by atoms with Crippen LogP contribution in [0.5, 0.6) is 5.75 Å². The SMILES string of the molecule is CCOC(=O)C1CCCCN1C(=O)/C=C/c1cccc(Cl)c1-c1ccc2c(c1)CCOO2. The van der Waals surface area contributed by atoms with Crippen molar-refractivity contribution in [1.29, 1.82) is 0 Å². The molecule has 7 heteroatoms. The third-order valence-corrected chi connectivity index (χ3v) is 6.06. The second-order valence-electron chi connectivity index (χ2n) is 7.81. The number of halogens is 1. The number of piperidine rings is 1. The van der Waals surface area contributed by atoms with Crippen LogP contribution in [0.25, 0.3) is 17.2 Å². The summed E-state index contributed by atoms with van der Waals surface area (Å²) in [6, 6.07) is 10.9. The number of hydrogen-bond acceptors (Lipinski definition) is 5. The fourth-order valence-corrected chi connectivity index (χ4v) is 4.48. The Labute approximate surface area is 192 Å². The molecular weight excluding hydrogens is 430 g/mol. The lowest BCUT2D eigenvalue weighted by molar-refractivity contribution is -0.215. The molecule has 1 fully saturated rings. The largest absolute Gasteiger partial charge is 0.464 e. The van der Waals surface area contributed by atoms with Gasteiger partial charge in [0.1, 0.15) is 6.04 Å². The molecule has 32 heavy (non-hydrogen) atoms. The molecule has 168 valence electrons. The smallest absolute Gasteiger partial charge is 0.328 e. The Morgan fingerprint density at radius 1 is 1.25 bits per heavy atom. The Hall–Kier alpha value is -2.83. The van der Waals surface area contributed by atoms with Gasteiger partial charge < -0.3 is 14.5 Å². The van der Waals surface area contributed by atoms with Gasteiger partial charge in [0.2, 0.25) is 5.91 Å². The molecule has 0 aromatic heterocycles. The van der Waals surface area contributed by atoms with Crippen LogP contribution in [0.1, 0.15) is 37.3 Å². The maximum Gasteiger partial charge on any atom is 0.328 e. The highest BCUT2D eigenvalue weighted by Crippen LogP contribution is 2.36. The average Bonchev–Trinajstić information content (AvgIpc) is 2.82. The lowest BCUT2D eigenvalue weighted by Crippen LogP contribution is -2.48. The number of fused-ring (bicyclic) bond motifs is 1. The van der Waals surface area contributed by atoms with E-state index >= 15 is 0 Å². The molecular formula is C25H26ClNO5. The van der Waals surface area contributed by atoms with E-state index in [1.807, 2.05) is 36.4 Å². The molecule has 4 rings (SSSR count). The summed E-state index contributed by atoms with van der Waals surface area (Å²) in [5.74, 6) is 0.164. The molecule has 0 N–H and O–H groups in total. The van der Waals surface area contributed by atoms with Gasteiger partial charge in [-0.3, -0.25) is 4.79 Å². The first-order valence-corrected chi connectivity index (χ1v) is 11.3. The lowest BCUT2D eigenvalue weighted by atomic mass is 9.96. The third kappa shape index (κ3) is 4.81. The molecule has 2 aromatic carbocycles. The lowest BCUT2D eigenvalue weighted by Gasteiger charge is -2.33. The maximum absolute atomic E-state index is 13.0. The summed E-state index contributed by atoms with van der Waals surface area (Å²) >= 11 is 6.56. The number of carbonyl (C=O) groups is 2. The van der Waals surface area contributed by atoms with E-state index in [4.69, 9.17) is 26.1 Å². The maximum atomic E-state index is 13.0. The molecule has 2 heterocycles. The van der Waals surface area contributed by atoms with Crippen LogP contribution in [0.3, 0.4) is 0 Å². The molecule has 1 amide bonds. The predicted molar refractivity (Wildman–Crippen MR) is 122 cm³/mol. The summed E-state index contributed by atoms with van der Waals surface area (Å²) in [5, 5.41) is 0.592. The highest BCUT2D eigenvalue weighted by molar-refractivity contribution is 6.33. The van der Waals surface area contributed by atoms with E-state index in [0.29, 0.717) is 37.0 Å². The van der Waals surface area contributed by atoms with Crippen molar-refractivity contribution in [1.82, 2.24) is 4.90 Å². The van der Waals surface area contributed by atoms with Crippen LogP contribution in [0, 0.1) is 0 Å². The number of nitrogens with zero attached hydrogens (tertiary/aromatic N) is 1. The van der Waals surface area contributed by atoms with Gasteiger partial charge in [0.25, 0.3) is 0 Å². The van der Waals surface area contributed by atoms with Crippen molar-refractivity contribution in [3.8, 4) is 16.9 Å². The van der Waals surface area contributed by atoms with Gasteiger partial charge in [0.15, 0.2) is 5.75 Å². The number of rotatable bonds is 5. The Balaban J connectivity index is 1.60. The van der Waals surface area contributed by atoms with Gasteiger partial charge in [-0.05, 0) is 61.6 Å². The predicted octanol–water partition coefficient (Wildman–Crippen LogP) is 4.83. The molecule has 2 aliphatic heterocycles. The summed E-state index contributed by atoms with van der Waals surface area (Å²) in [6.07, 6.45) is 6.44. The molecule has 2 aliphatic rings. The van der Waals surface area contributed by atoms with Crippen LogP contribution >= 0.6 is 11.6 Å². The van der Waals surface area contributed by atoms with E-state index in [2.05, 4.69) is 0 Å². The van der Waals surface area contributed by atoms with Crippen molar-refractivity contribution in [2.45, 2.75) is 38.6 Å². The van der Waals surface area contributed by atoms with Gasteiger partial charge in [-0.25, -0.2) is 4.79 Å². The van der Waals surface area contributed by atoms with Crippen LogP contribution < -0.4 is 4.89 Å². The van der Waals surface area contributed by atoms with E-state index in [9.17, 15) is 9.59 Å². The van der Waals surface area contributed by atoms with Crippen molar-refractivity contribution in [2.75, 3.05) is 19.8 Å². The summed E-state index contributed by atoms with van der Waals surface area (Å²) < 4.78 is 5.17. The number of ether oxygens (including phenoxy) is 1. The minimum absolute atomic E-state index is 0.204. The van der Waals surface area contributed by atoms with E-state index in [-0.39, 0.29) is 11.9 Å². The Bertz CT molecular complexity index is 1030. The zero-order chi connectivity index (χ0) is 22.5. The molecule has 0 aliphatic carbocycles. The van der Waals surface area contributed by atoms with Crippen LogP contribution in [0.15, 0.2) is 42.5 Å². The van der Waals surface area contributed by atoms with E-state index in [0.717, 1.165) is 41.5 Å². The first-order valence-electron chi connectivity index (χ1n) is 10.9. The fraction of sp³-hybridized carbons (Fsp3) is 0.360. The van der Waals surface area contributed by atoms with E-state index in [1.54, 1.807) is 17.9 Å². The Morgan fingerprint density at radius 2 is 2.12 bits per heavy atom. The minimum atomic E-state index is -0.525. The molecule has 0 radical (unpaired) electrons. The van der Waals surface area contributed by atoms with Crippen LogP contribution in [-0.4, -0.2) is 42.6 Å². The molecule has 0 spiro atoms. The fourth-order valence-electron chi connectivity index (χ4n) is 4.19. The number of hydrogen-bond donors (Lipinski definition) is 0. The zero-order valence-corrected chi connectivity index (χ0v) is 18.8. The van der Waals surface area contributed by atoms with Crippen molar-refractivity contribution in [3.05, 3.63) is 58.6 Å². The van der Waals surface area contributed by atoms with Crippen LogP contribution in [-0.2, 0) is 25.6 Å². The summed E-state index contributed by atoms with van der Waals surface area (Å²) in [4.78, 5) is 37.2. The Kier molecular flexibility index (Phi) is 7.12. The topological polar surface area (TPSA) is 65.1 Å². The quantitative estimate of drug-likeness (QED) is 0.367. The second-order valence-corrected chi connectivity index (χ2v) is 8.22. The summed E-state index contributed by atoms with van der Waals surface area (Å²) in [6.45, 7) is 3.12. The average molecular weight is 456 g/mol. The van der Waals surface area contributed by atoms with Gasteiger partial charge >= 0.3 is 5.97 Å². The van der Waals surface area contributed by atoms with Crippen molar-refractivity contribution >= 4 is 29.6 Å². The van der Waals surface area contributed by atoms with Gasteiger partial charge in [-0.1, -0.05) is 29.8 Å². The number of esters is 1. The molecule has 0 bridgehead atoms. The van der Waals surface area contributed by atoms with Crippen LogP contribution in [0.2, 0.25) is 5.02 Å². The molecule has 0 saturated carbocycles. The standard InChI is InChI=1S/C25H26ClNO5/c1-2-30-25(29)21-8-3-4-14-27(21)23(28)12-10-17-6-5-7-20(26)24(17)19-9-11-22-18(16-19)13-15-31-32-22/h5-7,9-12,16,21H,2-4,8,13-15H2,1H3/b12-10+. The van der Waals surface area contributed by atoms with E-state index in [1.165, 1.54) is 6.08 Å². The van der Waals surface area contributed by atoms with Crippen molar-refractivity contribution in [3.63, 3.8) is 0 Å². The third-order valence-electron chi connectivity index (χ3n) is 5.75. The van der Waals surface area contributed by atoms with Gasteiger partial charge in [0.05, 0.1) is 13.2 Å². The summed E-state index contributed by atoms with van der Waals surface area (Å²) in [7, 11) is 0.